The number of ether oxygens (including phenoxy) is 1. The van der Waals surface area contributed by atoms with Crippen molar-refractivity contribution in [3.05, 3.63) is 65.2 Å². The van der Waals surface area contributed by atoms with Gasteiger partial charge in [0.1, 0.15) is 5.75 Å². The minimum absolute atomic E-state index is 0.716. The van der Waals surface area contributed by atoms with E-state index in [4.69, 9.17) is 4.74 Å². The van der Waals surface area contributed by atoms with Gasteiger partial charge in [-0.2, -0.15) is 0 Å². The zero-order chi connectivity index (χ0) is 14.2. The minimum Gasteiger partial charge on any atom is -0.493 e. The Morgan fingerprint density at radius 2 is 1.80 bits per heavy atom. The third-order valence-electron chi connectivity index (χ3n) is 3.34. The van der Waals surface area contributed by atoms with Gasteiger partial charge in [0, 0.05) is 18.5 Å². The zero-order valence-corrected chi connectivity index (χ0v) is 12.4. The maximum Gasteiger partial charge on any atom is 0.126 e. The average Bonchev–Trinajstić information content (AvgIpc) is 2.48. The van der Waals surface area contributed by atoms with Gasteiger partial charge in [0.05, 0.1) is 6.61 Å². The molecular weight excluding hydrogens is 246 g/mol. The van der Waals surface area contributed by atoms with E-state index in [1.54, 1.807) is 0 Å². The Kier molecular flexibility index (Phi) is 5.63. The molecule has 2 aromatic rings. The van der Waals surface area contributed by atoms with Gasteiger partial charge in [-0.3, -0.25) is 0 Å². The van der Waals surface area contributed by atoms with Gasteiger partial charge in [-0.1, -0.05) is 55.5 Å². The van der Waals surface area contributed by atoms with Gasteiger partial charge in [0.15, 0.2) is 0 Å². The second-order valence-electron chi connectivity index (χ2n) is 4.93. The molecule has 2 nitrogen and oxygen atoms in total. The fourth-order valence-corrected chi connectivity index (χ4v) is 2.23. The summed E-state index contributed by atoms with van der Waals surface area (Å²) in [5, 5.41) is 3.36. The number of hydrogen-bond acceptors (Lipinski definition) is 2. The van der Waals surface area contributed by atoms with E-state index >= 15 is 0 Å². The second-order valence-corrected chi connectivity index (χ2v) is 4.93. The molecule has 20 heavy (non-hydrogen) atoms. The smallest absolute Gasteiger partial charge is 0.126 e. The molecule has 2 rings (SSSR count). The highest BCUT2D eigenvalue weighted by Gasteiger charge is 2.06. The molecule has 0 amide bonds. The molecule has 2 heteroatoms. The molecule has 0 unspecified atom stereocenters. The lowest BCUT2D eigenvalue weighted by Crippen LogP contribution is -2.14. The van der Waals surface area contributed by atoms with Crippen LogP contribution in [-0.2, 0) is 13.0 Å². The van der Waals surface area contributed by atoms with Gasteiger partial charge in [-0.15, -0.1) is 0 Å². The van der Waals surface area contributed by atoms with Crippen molar-refractivity contribution >= 4 is 0 Å². The first kappa shape index (κ1) is 14.6. The molecule has 0 saturated heterocycles. The van der Waals surface area contributed by atoms with E-state index < -0.39 is 0 Å². The van der Waals surface area contributed by atoms with Crippen LogP contribution in [-0.4, -0.2) is 13.2 Å². The fraction of sp³-hybridized carbons (Fsp3) is 0.333. The lowest BCUT2D eigenvalue weighted by Gasteiger charge is -2.14. The summed E-state index contributed by atoms with van der Waals surface area (Å²) in [5.41, 5.74) is 3.75. The zero-order valence-electron chi connectivity index (χ0n) is 12.4. The number of nitrogens with one attached hydrogen (secondary N) is 1. The highest BCUT2D eigenvalue weighted by Crippen LogP contribution is 2.23. The Morgan fingerprint density at radius 3 is 2.55 bits per heavy atom. The molecule has 0 bridgehead atoms. The molecule has 0 aromatic heterocycles. The molecule has 0 aliphatic carbocycles. The predicted octanol–water partition coefficient (Wildman–Crippen LogP) is 3.73. The van der Waals surface area contributed by atoms with Crippen LogP contribution in [0, 0.1) is 6.92 Å². The van der Waals surface area contributed by atoms with Crippen LogP contribution >= 0.6 is 0 Å². The summed E-state index contributed by atoms with van der Waals surface area (Å²) in [7, 11) is 0. The number of benzene rings is 2. The van der Waals surface area contributed by atoms with Crippen LogP contribution in [0.3, 0.4) is 0 Å². The van der Waals surface area contributed by atoms with E-state index in [2.05, 4.69) is 61.6 Å². The standard InChI is InChI=1S/C18H23NO/c1-3-19-14-17-11-7-8-15(2)18(17)20-13-12-16-9-5-4-6-10-16/h4-11,19H,3,12-14H2,1-2H3. The third-order valence-corrected chi connectivity index (χ3v) is 3.34. The number of rotatable bonds is 7. The van der Waals surface area contributed by atoms with Crippen LogP contribution in [0.1, 0.15) is 23.6 Å². The molecule has 0 fully saturated rings. The van der Waals surface area contributed by atoms with Crippen molar-refractivity contribution in [3.8, 4) is 5.75 Å². The quantitative estimate of drug-likeness (QED) is 0.827. The van der Waals surface area contributed by atoms with Crippen molar-refractivity contribution in [1.29, 1.82) is 0 Å². The van der Waals surface area contributed by atoms with E-state index in [1.807, 2.05) is 6.07 Å². The molecule has 0 spiro atoms. The lowest BCUT2D eigenvalue weighted by molar-refractivity contribution is 0.315. The summed E-state index contributed by atoms with van der Waals surface area (Å²) in [6.45, 7) is 6.77. The minimum atomic E-state index is 0.716. The summed E-state index contributed by atoms with van der Waals surface area (Å²) in [6, 6.07) is 16.8. The average molecular weight is 269 g/mol. The van der Waals surface area contributed by atoms with Crippen molar-refractivity contribution < 1.29 is 4.74 Å². The molecule has 0 heterocycles. The molecule has 1 N–H and O–H groups in total. The Balaban J connectivity index is 1.97. The van der Waals surface area contributed by atoms with Crippen molar-refractivity contribution in [2.24, 2.45) is 0 Å². The first-order valence-electron chi connectivity index (χ1n) is 7.27. The van der Waals surface area contributed by atoms with Gasteiger partial charge in [0.2, 0.25) is 0 Å². The number of para-hydroxylation sites is 1. The molecule has 0 atom stereocenters. The van der Waals surface area contributed by atoms with Crippen LogP contribution in [0.25, 0.3) is 0 Å². The molecule has 0 aliphatic heterocycles. The van der Waals surface area contributed by atoms with Gasteiger partial charge >= 0.3 is 0 Å². The van der Waals surface area contributed by atoms with Crippen molar-refractivity contribution in [1.82, 2.24) is 5.32 Å². The van der Waals surface area contributed by atoms with Crippen molar-refractivity contribution in [2.75, 3.05) is 13.2 Å². The van der Waals surface area contributed by atoms with E-state index in [9.17, 15) is 0 Å². The summed E-state index contributed by atoms with van der Waals surface area (Å²) in [6.07, 6.45) is 0.940. The van der Waals surface area contributed by atoms with Crippen LogP contribution in [0.4, 0.5) is 0 Å². The predicted molar refractivity (Wildman–Crippen MR) is 84.2 cm³/mol. The lowest BCUT2D eigenvalue weighted by atomic mass is 10.1. The number of aryl methyl sites for hydroxylation is 1. The van der Waals surface area contributed by atoms with Gasteiger partial charge in [-0.05, 0) is 24.6 Å². The molecule has 0 aliphatic rings. The Bertz CT molecular complexity index is 522. The Hall–Kier alpha value is -1.80. The molecular formula is C18H23NO. The van der Waals surface area contributed by atoms with E-state index in [1.165, 1.54) is 16.7 Å². The molecule has 0 saturated carbocycles. The highest BCUT2D eigenvalue weighted by atomic mass is 16.5. The fourth-order valence-electron chi connectivity index (χ4n) is 2.23. The summed E-state index contributed by atoms with van der Waals surface area (Å²) in [5.74, 6) is 1.03. The Labute approximate surface area is 121 Å². The molecule has 106 valence electrons. The first-order valence-corrected chi connectivity index (χ1v) is 7.27. The first-order chi connectivity index (χ1) is 9.81. The van der Waals surface area contributed by atoms with Gasteiger partial charge in [-0.25, -0.2) is 0 Å². The summed E-state index contributed by atoms with van der Waals surface area (Å²) in [4.78, 5) is 0. The van der Waals surface area contributed by atoms with Gasteiger partial charge in [0.25, 0.3) is 0 Å². The topological polar surface area (TPSA) is 21.3 Å². The maximum atomic E-state index is 6.03. The largest absolute Gasteiger partial charge is 0.493 e. The number of hydrogen-bond donors (Lipinski definition) is 1. The highest BCUT2D eigenvalue weighted by molar-refractivity contribution is 5.40. The third kappa shape index (κ3) is 4.10. The van der Waals surface area contributed by atoms with Crippen molar-refractivity contribution in [2.45, 2.75) is 26.8 Å². The summed E-state index contributed by atoms with van der Waals surface area (Å²) < 4.78 is 6.03. The van der Waals surface area contributed by atoms with Crippen LogP contribution in [0.15, 0.2) is 48.5 Å². The molecule has 2 aromatic carbocycles. The van der Waals surface area contributed by atoms with Crippen LogP contribution < -0.4 is 10.1 Å². The normalized spacial score (nSPS) is 10.5. The summed E-state index contributed by atoms with van der Waals surface area (Å²) >= 11 is 0. The van der Waals surface area contributed by atoms with E-state index in [-0.39, 0.29) is 0 Å². The second kappa shape index (κ2) is 7.71. The maximum absolute atomic E-state index is 6.03. The van der Waals surface area contributed by atoms with Crippen LogP contribution in [0.2, 0.25) is 0 Å². The van der Waals surface area contributed by atoms with Crippen LogP contribution in [0.5, 0.6) is 5.75 Å². The van der Waals surface area contributed by atoms with Gasteiger partial charge < -0.3 is 10.1 Å². The SMILES string of the molecule is CCNCc1cccc(C)c1OCCc1ccccc1. The van der Waals surface area contributed by atoms with Crippen molar-refractivity contribution in [3.63, 3.8) is 0 Å². The molecule has 0 radical (unpaired) electrons. The van der Waals surface area contributed by atoms with E-state index in [0.29, 0.717) is 6.61 Å². The monoisotopic (exact) mass is 269 g/mol. The Morgan fingerprint density at radius 1 is 1.00 bits per heavy atom. The van der Waals surface area contributed by atoms with E-state index in [0.717, 1.165) is 25.3 Å².